The van der Waals surface area contributed by atoms with Gasteiger partial charge < -0.3 is 5.11 Å². The first-order valence-corrected chi connectivity index (χ1v) is 4.41. The SMILES string of the molecule is Cc1nc2c(cc1C(=O)O)CCC2.Cl. The minimum atomic E-state index is -0.875. The molecule has 1 aliphatic carbocycles. The van der Waals surface area contributed by atoms with Crippen molar-refractivity contribution in [2.75, 3.05) is 0 Å². The number of hydrogen-bond donors (Lipinski definition) is 1. The van der Waals surface area contributed by atoms with E-state index in [1.54, 1.807) is 13.0 Å². The maximum absolute atomic E-state index is 10.8. The lowest BCUT2D eigenvalue weighted by Crippen LogP contribution is -2.04. The second-order valence-electron chi connectivity index (χ2n) is 3.39. The van der Waals surface area contributed by atoms with E-state index in [-0.39, 0.29) is 12.4 Å². The van der Waals surface area contributed by atoms with Crippen molar-refractivity contribution in [3.8, 4) is 0 Å². The number of fused-ring (bicyclic) bond motifs is 1. The molecule has 76 valence electrons. The van der Waals surface area contributed by atoms with Gasteiger partial charge in [0.15, 0.2) is 0 Å². The van der Waals surface area contributed by atoms with Crippen LogP contribution in [0.5, 0.6) is 0 Å². The van der Waals surface area contributed by atoms with Gasteiger partial charge in [-0.2, -0.15) is 0 Å². The smallest absolute Gasteiger partial charge is 0.337 e. The molecule has 3 nitrogen and oxygen atoms in total. The first-order valence-electron chi connectivity index (χ1n) is 4.41. The van der Waals surface area contributed by atoms with Gasteiger partial charge in [0.2, 0.25) is 0 Å². The van der Waals surface area contributed by atoms with Crippen LogP contribution < -0.4 is 0 Å². The average molecular weight is 214 g/mol. The molecule has 1 heterocycles. The Morgan fingerprint density at radius 3 is 2.86 bits per heavy atom. The standard InChI is InChI=1S/C10H11NO2.ClH/c1-6-8(10(12)13)5-7-3-2-4-9(7)11-6;/h5H,2-4H2,1H3,(H,12,13);1H. The highest BCUT2D eigenvalue weighted by atomic mass is 35.5. The molecule has 0 unspecified atom stereocenters. The summed E-state index contributed by atoms with van der Waals surface area (Å²) in [4.78, 5) is 15.1. The van der Waals surface area contributed by atoms with E-state index < -0.39 is 5.97 Å². The first kappa shape index (κ1) is 11.0. The number of pyridine rings is 1. The van der Waals surface area contributed by atoms with Gasteiger partial charge in [-0.15, -0.1) is 12.4 Å². The molecule has 0 bridgehead atoms. The molecule has 1 aliphatic rings. The monoisotopic (exact) mass is 213 g/mol. The zero-order valence-corrected chi connectivity index (χ0v) is 8.73. The molecule has 1 aromatic rings. The van der Waals surface area contributed by atoms with Gasteiger partial charge in [-0.1, -0.05) is 0 Å². The van der Waals surface area contributed by atoms with Gasteiger partial charge in [-0.05, 0) is 37.8 Å². The van der Waals surface area contributed by atoms with Crippen LogP contribution in [0.4, 0.5) is 0 Å². The fourth-order valence-electron chi connectivity index (χ4n) is 1.79. The Kier molecular flexibility index (Phi) is 3.11. The fourth-order valence-corrected chi connectivity index (χ4v) is 1.79. The van der Waals surface area contributed by atoms with Crippen LogP contribution in [0.3, 0.4) is 0 Å². The van der Waals surface area contributed by atoms with Crippen LogP contribution >= 0.6 is 12.4 Å². The first-order chi connectivity index (χ1) is 6.18. The summed E-state index contributed by atoms with van der Waals surface area (Å²) in [5, 5.41) is 8.86. The van der Waals surface area contributed by atoms with Gasteiger partial charge in [-0.3, -0.25) is 4.98 Å². The highest BCUT2D eigenvalue weighted by Gasteiger charge is 2.17. The van der Waals surface area contributed by atoms with Crippen LogP contribution in [0, 0.1) is 6.92 Å². The molecule has 0 atom stereocenters. The van der Waals surface area contributed by atoms with Crippen LogP contribution in [0.25, 0.3) is 0 Å². The Bertz CT molecular complexity index is 377. The van der Waals surface area contributed by atoms with Gasteiger partial charge in [0.1, 0.15) is 0 Å². The summed E-state index contributed by atoms with van der Waals surface area (Å²) in [7, 11) is 0. The number of hydrogen-bond acceptors (Lipinski definition) is 2. The highest BCUT2D eigenvalue weighted by Crippen LogP contribution is 2.22. The van der Waals surface area contributed by atoms with Gasteiger partial charge in [-0.25, -0.2) is 4.79 Å². The number of carboxylic acid groups (broad SMARTS) is 1. The van der Waals surface area contributed by atoms with E-state index in [4.69, 9.17) is 5.11 Å². The van der Waals surface area contributed by atoms with E-state index in [0.29, 0.717) is 11.3 Å². The molecule has 4 heteroatoms. The summed E-state index contributed by atoms with van der Waals surface area (Å²) in [5.74, 6) is -0.875. The number of aromatic nitrogens is 1. The number of halogens is 1. The molecule has 0 aliphatic heterocycles. The molecule has 1 N–H and O–H groups in total. The lowest BCUT2D eigenvalue weighted by atomic mass is 10.1. The predicted molar refractivity (Wildman–Crippen MR) is 55.2 cm³/mol. The molecule has 0 amide bonds. The van der Waals surface area contributed by atoms with Crippen molar-refractivity contribution in [1.29, 1.82) is 0 Å². The third-order valence-corrected chi connectivity index (χ3v) is 2.47. The van der Waals surface area contributed by atoms with E-state index in [2.05, 4.69) is 4.98 Å². The van der Waals surface area contributed by atoms with Gasteiger partial charge in [0.25, 0.3) is 0 Å². The lowest BCUT2D eigenvalue weighted by Gasteiger charge is -2.03. The summed E-state index contributed by atoms with van der Waals surface area (Å²) >= 11 is 0. The molecule has 14 heavy (non-hydrogen) atoms. The van der Waals surface area contributed by atoms with Crippen molar-refractivity contribution in [1.82, 2.24) is 4.98 Å². The zero-order valence-electron chi connectivity index (χ0n) is 7.91. The zero-order chi connectivity index (χ0) is 9.42. The normalized spacial score (nSPS) is 13.2. The predicted octanol–water partition coefficient (Wildman–Crippen LogP) is 2.00. The second-order valence-corrected chi connectivity index (χ2v) is 3.39. The summed E-state index contributed by atoms with van der Waals surface area (Å²) in [5.41, 5.74) is 3.18. The number of rotatable bonds is 1. The van der Waals surface area contributed by atoms with E-state index in [0.717, 1.165) is 30.5 Å². The Balaban J connectivity index is 0.000000980. The summed E-state index contributed by atoms with van der Waals surface area (Å²) in [6.45, 7) is 1.75. The van der Waals surface area contributed by atoms with Crippen LogP contribution in [0.15, 0.2) is 6.07 Å². The van der Waals surface area contributed by atoms with Gasteiger partial charge in [0.05, 0.1) is 11.3 Å². The highest BCUT2D eigenvalue weighted by molar-refractivity contribution is 5.89. The van der Waals surface area contributed by atoms with E-state index in [9.17, 15) is 4.79 Å². The fraction of sp³-hybridized carbons (Fsp3) is 0.400. The van der Waals surface area contributed by atoms with Crippen molar-refractivity contribution >= 4 is 18.4 Å². The molecule has 0 radical (unpaired) electrons. The van der Waals surface area contributed by atoms with Gasteiger partial charge in [0, 0.05) is 5.69 Å². The topological polar surface area (TPSA) is 50.2 Å². The molecule has 0 saturated heterocycles. The molecular weight excluding hydrogens is 202 g/mol. The van der Waals surface area contributed by atoms with Crippen molar-refractivity contribution in [2.24, 2.45) is 0 Å². The Hall–Kier alpha value is -1.09. The number of nitrogens with zero attached hydrogens (tertiary/aromatic N) is 1. The Labute approximate surface area is 88.6 Å². The number of carboxylic acids is 1. The number of carbonyl (C=O) groups is 1. The number of aromatic carboxylic acids is 1. The Morgan fingerprint density at radius 2 is 2.21 bits per heavy atom. The quantitative estimate of drug-likeness (QED) is 0.776. The minimum Gasteiger partial charge on any atom is -0.478 e. The summed E-state index contributed by atoms with van der Waals surface area (Å²) in [6, 6.07) is 1.77. The second kappa shape index (κ2) is 3.96. The van der Waals surface area contributed by atoms with Crippen molar-refractivity contribution in [3.63, 3.8) is 0 Å². The number of aryl methyl sites for hydroxylation is 3. The van der Waals surface area contributed by atoms with E-state index >= 15 is 0 Å². The van der Waals surface area contributed by atoms with Crippen LogP contribution in [-0.2, 0) is 12.8 Å². The third kappa shape index (κ3) is 1.73. The van der Waals surface area contributed by atoms with Gasteiger partial charge >= 0.3 is 5.97 Å². The molecule has 0 aromatic carbocycles. The molecule has 1 aromatic heterocycles. The summed E-state index contributed by atoms with van der Waals surface area (Å²) in [6.07, 6.45) is 3.07. The summed E-state index contributed by atoms with van der Waals surface area (Å²) < 4.78 is 0. The molecule has 2 rings (SSSR count). The minimum absolute atomic E-state index is 0. The van der Waals surface area contributed by atoms with Crippen LogP contribution in [-0.4, -0.2) is 16.1 Å². The molecule has 0 spiro atoms. The third-order valence-electron chi connectivity index (χ3n) is 2.47. The maximum atomic E-state index is 10.8. The van der Waals surface area contributed by atoms with Crippen LogP contribution in [0.1, 0.15) is 33.7 Å². The van der Waals surface area contributed by atoms with Crippen molar-refractivity contribution < 1.29 is 9.90 Å². The molecule has 0 fully saturated rings. The molecular formula is C10H12ClNO2. The van der Waals surface area contributed by atoms with Crippen molar-refractivity contribution in [3.05, 3.63) is 28.6 Å². The van der Waals surface area contributed by atoms with Crippen molar-refractivity contribution in [2.45, 2.75) is 26.2 Å². The molecule has 0 saturated carbocycles. The largest absolute Gasteiger partial charge is 0.478 e. The Morgan fingerprint density at radius 1 is 1.50 bits per heavy atom. The van der Waals surface area contributed by atoms with E-state index in [1.165, 1.54) is 0 Å². The average Bonchev–Trinajstić information content (AvgIpc) is 2.48. The maximum Gasteiger partial charge on any atom is 0.337 e. The lowest BCUT2D eigenvalue weighted by molar-refractivity contribution is 0.0695. The van der Waals surface area contributed by atoms with Crippen LogP contribution in [0.2, 0.25) is 0 Å². The van der Waals surface area contributed by atoms with E-state index in [1.807, 2.05) is 0 Å².